The first-order chi connectivity index (χ1) is 8.50. The molecular formula is C14H25N3O. The van der Waals surface area contributed by atoms with Gasteiger partial charge in [-0.15, -0.1) is 0 Å². The zero-order valence-electron chi connectivity index (χ0n) is 12.4. The molecule has 1 amide bonds. The molecule has 1 rings (SSSR count). The van der Waals surface area contributed by atoms with Crippen molar-refractivity contribution in [1.29, 1.82) is 0 Å². The zero-order chi connectivity index (χ0) is 14.1. The van der Waals surface area contributed by atoms with Gasteiger partial charge in [0.05, 0.1) is 0 Å². The predicted molar refractivity (Wildman–Crippen MR) is 76.9 cm³/mol. The van der Waals surface area contributed by atoms with E-state index in [9.17, 15) is 4.79 Å². The van der Waals surface area contributed by atoms with E-state index >= 15 is 0 Å². The lowest BCUT2D eigenvalue weighted by molar-refractivity contribution is -0.127. The number of hydrogen-bond acceptors (Lipinski definition) is 3. The first kappa shape index (κ1) is 16.4. The van der Waals surface area contributed by atoms with Gasteiger partial charge >= 0.3 is 0 Å². The first-order valence-corrected chi connectivity index (χ1v) is 6.36. The van der Waals surface area contributed by atoms with Crippen molar-refractivity contribution < 1.29 is 4.79 Å². The summed E-state index contributed by atoms with van der Waals surface area (Å²) in [6.07, 6.45) is 1.80. The third-order valence-corrected chi connectivity index (χ3v) is 2.60. The summed E-state index contributed by atoms with van der Waals surface area (Å²) < 4.78 is 0. The van der Waals surface area contributed by atoms with Gasteiger partial charge in [-0.3, -0.25) is 4.79 Å². The Morgan fingerprint density at radius 2 is 1.89 bits per heavy atom. The lowest BCUT2D eigenvalue weighted by atomic mass is 10.3. The van der Waals surface area contributed by atoms with Gasteiger partial charge in [-0.1, -0.05) is 13.8 Å². The van der Waals surface area contributed by atoms with Crippen molar-refractivity contribution in [3.63, 3.8) is 0 Å². The predicted octanol–water partition coefficient (Wildman–Crippen LogP) is 2.33. The highest BCUT2D eigenvalue weighted by atomic mass is 16.2. The second kappa shape index (κ2) is 8.50. The van der Waals surface area contributed by atoms with Crippen LogP contribution < -0.4 is 4.90 Å². The summed E-state index contributed by atoms with van der Waals surface area (Å²) in [6.45, 7) is 9.11. The summed E-state index contributed by atoms with van der Waals surface area (Å²) in [7, 11) is 3.79. The van der Waals surface area contributed by atoms with Gasteiger partial charge < -0.3 is 9.80 Å². The normalized spacial score (nSPS) is 9.22. The molecule has 0 saturated carbocycles. The van der Waals surface area contributed by atoms with Crippen LogP contribution in [0, 0.1) is 6.92 Å². The Hall–Kier alpha value is -1.58. The highest BCUT2D eigenvalue weighted by Crippen LogP contribution is 2.09. The molecule has 18 heavy (non-hydrogen) atoms. The molecular weight excluding hydrogens is 226 g/mol. The molecule has 4 heteroatoms. The maximum absolute atomic E-state index is 11.0. The van der Waals surface area contributed by atoms with Gasteiger partial charge in [0.2, 0.25) is 5.91 Å². The summed E-state index contributed by atoms with van der Waals surface area (Å²) in [5.74, 6) is 1.03. The Bertz CT molecular complexity index is 366. The van der Waals surface area contributed by atoms with Crippen LogP contribution in [0.5, 0.6) is 0 Å². The molecule has 1 heterocycles. The molecule has 0 saturated heterocycles. The van der Waals surface area contributed by atoms with Gasteiger partial charge in [-0.25, -0.2) is 4.98 Å². The molecule has 0 unspecified atom stereocenters. The minimum atomic E-state index is 0.0885. The Kier molecular flexibility index (Phi) is 7.76. The van der Waals surface area contributed by atoms with Crippen LogP contribution in [-0.2, 0) is 4.79 Å². The molecule has 0 aliphatic carbocycles. The summed E-state index contributed by atoms with van der Waals surface area (Å²) in [5, 5.41) is 0. The molecule has 0 bridgehead atoms. The SMILES string of the molecule is CC.CC(=O)N(C)CCN(C)c1cc(C)ccn1. The number of pyridine rings is 1. The van der Waals surface area contributed by atoms with E-state index in [1.54, 1.807) is 25.1 Å². The largest absolute Gasteiger partial charge is 0.358 e. The topological polar surface area (TPSA) is 36.4 Å². The summed E-state index contributed by atoms with van der Waals surface area (Å²) >= 11 is 0. The molecule has 0 radical (unpaired) electrons. The van der Waals surface area contributed by atoms with Gasteiger partial charge in [0, 0.05) is 40.3 Å². The van der Waals surface area contributed by atoms with E-state index in [0.717, 1.165) is 12.4 Å². The second-order valence-corrected chi connectivity index (χ2v) is 4.05. The van der Waals surface area contributed by atoms with Crippen molar-refractivity contribution in [3.05, 3.63) is 23.9 Å². The van der Waals surface area contributed by atoms with Crippen LogP contribution in [0.1, 0.15) is 26.3 Å². The van der Waals surface area contributed by atoms with Crippen LogP contribution in [0.2, 0.25) is 0 Å². The summed E-state index contributed by atoms with van der Waals surface area (Å²) in [6, 6.07) is 4.01. The highest BCUT2D eigenvalue weighted by Gasteiger charge is 2.06. The lowest BCUT2D eigenvalue weighted by Gasteiger charge is -2.22. The smallest absolute Gasteiger partial charge is 0.219 e. The number of likely N-dealkylation sites (N-methyl/N-ethyl adjacent to an activating group) is 2. The molecule has 0 atom stereocenters. The number of nitrogens with zero attached hydrogens (tertiary/aromatic N) is 3. The molecule has 1 aromatic heterocycles. The average Bonchev–Trinajstić information content (AvgIpc) is 2.37. The zero-order valence-corrected chi connectivity index (χ0v) is 12.4. The third-order valence-electron chi connectivity index (χ3n) is 2.60. The number of rotatable bonds is 4. The number of aryl methyl sites for hydroxylation is 1. The molecule has 0 aromatic carbocycles. The van der Waals surface area contributed by atoms with Crippen molar-refractivity contribution >= 4 is 11.7 Å². The van der Waals surface area contributed by atoms with Gasteiger partial charge in [0.1, 0.15) is 5.82 Å². The van der Waals surface area contributed by atoms with Crippen molar-refractivity contribution in [2.45, 2.75) is 27.7 Å². The summed E-state index contributed by atoms with van der Waals surface area (Å²) in [4.78, 5) is 19.1. The standard InChI is InChI=1S/C12H19N3O.C2H6/c1-10-5-6-13-12(9-10)15(4)8-7-14(3)11(2)16;1-2/h5-6,9H,7-8H2,1-4H3;1-2H3. The number of anilines is 1. The van der Waals surface area contributed by atoms with E-state index in [0.29, 0.717) is 6.54 Å². The maximum Gasteiger partial charge on any atom is 0.219 e. The third kappa shape index (κ3) is 5.66. The van der Waals surface area contributed by atoms with Gasteiger partial charge in [0.25, 0.3) is 0 Å². The van der Waals surface area contributed by atoms with Crippen LogP contribution in [0.3, 0.4) is 0 Å². The van der Waals surface area contributed by atoms with Crippen molar-refractivity contribution in [3.8, 4) is 0 Å². The van der Waals surface area contributed by atoms with E-state index in [-0.39, 0.29) is 5.91 Å². The Morgan fingerprint density at radius 3 is 2.39 bits per heavy atom. The number of hydrogen-bond donors (Lipinski definition) is 0. The number of carbonyl (C=O) groups excluding carboxylic acids is 1. The van der Waals surface area contributed by atoms with Gasteiger partial charge in [-0.2, -0.15) is 0 Å². The van der Waals surface area contributed by atoms with Crippen molar-refractivity contribution in [2.24, 2.45) is 0 Å². The molecule has 0 spiro atoms. The molecule has 0 aliphatic heterocycles. The minimum Gasteiger partial charge on any atom is -0.358 e. The van der Waals surface area contributed by atoms with Crippen LogP contribution in [0.4, 0.5) is 5.82 Å². The fourth-order valence-electron chi connectivity index (χ4n) is 1.30. The van der Waals surface area contributed by atoms with Crippen LogP contribution in [-0.4, -0.2) is 43.0 Å². The van der Waals surface area contributed by atoms with E-state index in [2.05, 4.69) is 4.98 Å². The van der Waals surface area contributed by atoms with E-state index < -0.39 is 0 Å². The highest BCUT2D eigenvalue weighted by molar-refractivity contribution is 5.72. The molecule has 4 nitrogen and oxygen atoms in total. The maximum atomic E-state index is 11.0. The van der Waals surface area contributed by atoms with E-state index in [1.165, 1.54) is 5.56 Å². The summed E-state index contributed by atoms with van der Waals surface area (Å²) in [5.41, 5.74) is 1.19. The average molecular weight is 251 g/mol. The second-order valence-electron chi connectivity index (χ2n) is 4.05. The molecule has 0 aliphatic rings. The fourth-order valence-corrected chi connectivity index (χ4v) is 1.30. The Balaban J connectivity index is 0.00000137. The molecule has 102 valence electrons. The van der Waals surface area contributed by atoms with E-state index in [4.69, 9.17) is 0 Å². The molecule has 0 N–H and O–H groups in total. The number of carbonyl (C=O) groups is 1. The molecule has 0 fully saturated rings. The van der Waals surface area contributed by atoms with Crippen molar-refractivity contribution in [2.75, 3.05) is 32.1 Å². The minimum absolute atomic E-state index is 0.0885. The fraction of sp³-hybridized carbons (Fsp3) is 0.571. The number of amides is 1. The van der Waals surface area contributed by atoms with Gasteiger partial charge in [-0.05, 0) is 24.6 Å². The van der Waals surface area contributed by atoms with Gasteiger partial charge in [0.15, 0.2) is 0 Å². The number of aromatic nitrogens is 1. The van der Waals surface area contributed by atoms with Crippen molar-refractivity contribution in [1.82, 2.24) is 9.88 Å². The van der Waals surface area contributed by atoms with Crippen LogP contribution >= 0.6 is 0 Å². The first-order valence-electron chi connectivity index (χ1n) is 6.36. The quantitative estimate of drug-likeness (QED) is 0.824. The van der Waals surface area contributed by atoms with Crippen LogP contribution in [0.25, 0.3) is 0 Å². The Morgan fingerprint density at radius 1 is 1.28 bits per heavy atom. The lowest BCUT2D eigenvalue weighted by Crippen LogP contribution is -2.33. The van der Waals surface area contributed by atoms with E-state index in [1.807, 2.05) is 44.9 Å². The molecule has 1 aromatic rings. The van der Waals surface area contributed by atoms with Crippen LogP contribution in [0.15, 0.2) is 18.3 Å². The Labute approximate surface area is 111 Å². The monoisotopic (exact) mass is 251 g/mol.